The number of H-pyrrole nitrogens is 1. The number of carbonyl (C=O) groups is 1. The Bertz CT molecular complexity index is 1440. The number of aromatic amines is 1. The van der Waals surface area contributed by atoms with Crippen molar-refractivity contribution in [1.82, 2.24) is 15.6 Å². The average molecular weight is 533 g/mol. The molecule has 0 saturated heterocycles. The van der Waals surface area contributed by atoms with Crippen LogP contribution in [0.5, 0.6) is 17.2 Å². The number of thioether (sulfide) groups is 1. The Balaban J connectivity index is 1.54. The molecule has 38 heavy (non-hydrogen) atoms. The van der Waals surface area contributed by atoms with Crippen LogP contribution in [-0.4, -0.2) is 45.4 Å². The standard InChI is InChI=1S/C28H29N5O4S/c1-28(2,3)20-8-6-19(7-9-20)26-31-32-27(33(26)21-10-12-22(37-4)13-11-21)38-17-25(36)30-29-16-18-5-14-23(34)24(35)15-18/h5-16H,17H2,1-4H3,(H3,29,30,34,35,36)/p+1. The summed E-state index contributed by atoms with van der Waals surface area (Å²) in [6, 6.07) is 20.2. The molecule has 4 N–H and O–H groups in total. The SMILES string of the molecule is COc1ccc(-[n+]2c(SCC(=O)N/N=C/c3ccc(O)c(O)c3)n[nH]c2-c2ccc(C(C)(C)C)cc2)cc1. The Hall–Kier alpha value is -4.31. The molecule has 0 fully saturated rings. The van der Waals surface area contributed by atoms with Gasteiger partial charge in [0.1, 0.15) is 11.4 Å². The maximum atomic E-state index is 12.5. The molecule has 0 aliphatic carbocycles. The van der Waals surface area contributed by atoms with E-state index in [4.69, 9.17) is 4.74 Å². The van der Waals surface area contributed by atoms with Crippen molar-refractivity contribution in [1.29, 1.82) is 0 Å². The second-order valence-electron chi connectivity index (χ2n) is 9.55. The lowest BCUT2D eigenvalue weighted by atomic mass is 9.87. The number of aromatic hydroxyl groups is 2. The predicted molar refractivity (Wildman–Crippen MR) is 147 cm³/mol. The molecule has 9 nitrogen and oxygen atoms in total. The quantitative estimate of drug-likeness (QED) is 0.0882. The van der Waals surface area contributed by atoms with Gasteiger partial charge in [0.05, 0.1) is 29.7 Å². The summed E-state index contributed by atoms with van der Waals surface area (Å²) >= 11 is 1.26. The molecule has 1 amide bonds. The summed E-state index contributed by atoms with van der Waals surface area (Å²) in [7, 11) is 1.62. The lowest BCUT2D eigenvalue weighted by molar-refractivity contribution is -0.625. The van der Waals surface area contributed by atoms with Crippen molar-refractivity contribution in [2.24, 2.45) is 5.10 Å². The molecular weight excluding hydrogens is 502 g/mol. The highest BCUT2D eigenvalue weighted by molar-refractivity contribution is 7.99. The molecule has 4 rings (SSSR count). The molecule has 0 bridgehead atoms. The second-order valence-corrected chi connectivity index (χ2v) is 10.5. The number of methoxy groups -OCH3 is 1. The van der Waals surface area contributed by atoms with E-state index < -0.39 is 0 Å². The van der Waals surface area contributed by atoms with Crippen molar-refractivity contribution in [3.8, 4) is 34.3 Å². The van der Waals surface area contributed by atoms with Gasteiger partial charge in [-0.15, -0.1) is 5.10 Å². The van der Waals surface area contributed by atoms with E-state index in [-0.39, 0.29) is 28.6 Å². The number of phenols is 2. The number of hydrogen-bond donors (Lipinski definition) is 4. The normalized spacial score (nSPS) is 11.6. The van der Waals surface area contributed by atoms with E-state index in [0.29, 0.717) is 10.7 Å². The van der Waals surface area contributed by atoms with Crippen LogP contribution in [0.2, 0.25) is 0 Å². The van der Waals surface area contributed by atoms with Gasteiger partial charge in [-0.3, -0.25) is 4.79 Å². The molecule has 0 saturated carbocycles. The number of phenolic OH excluding ortho intramolecular Hbond substituents is 2. The van der Waals surface area contributed by atoms with Crippen LogP contribution in [0.3, 0.4) is 0 Å². The van der Waals surface area contributed by atoms with E-state index in [1.807, 2.05) is 28.8 Å². The van der Waals surface area contributed by atoms with E-state index in [0.717, 1.165) is 22.8 Å². The Kier molecular flexibility index (Phi) is 8.02. The minimum Gasteiger partial charge on any atom is -0.504 e. The van der Waals surface area contributed by atoms with Gasteiger partial charge in [0, 0.05) is 0 Å². The fraction of sp³-hybridized carbons (Fsp3) is 0.214. The van der Waals surface area contributed by atoms with Gasteiger partial charge in [0.15, 0.2) is 11.5 Å². The fourth-order valence-electron chi connectivity index (χ4n) is 3.65. The van der Waals surface area contributed by atoms with Crippen molar-refractivity contribution in [3.63, 3.8) is 0 Å². The first-order valence-corrected chi connectivity index (χ1v) is 12.9. The highest BCUT2D eigenvalue weighted by atomic mass is 32.2. The number of nitrogens with zero attached hydrogens (tertiary/aromatic N) is 3. The molecule has 0 atom stereocenters. The van der Waals surface area contributed by atoms with E-state index >= 15 is 0 Å². The monoisotopic (exact) mass is 532 g/mol. The second kappa shape index (κ2) is 11.4. The van der Waals surface area contributed by atoms with Crippen LogP contribution in [0, 0.1) is 0 Å². The summed E-state index contributed by atoms with van der Waals surface area (Å²) < 4.78 is 7.27. The van der Waals surface area contributed by atoms with Crippen LogP contribution in [0.4, 0.5) is 0 Å². The number of hydrazone groups is 1. The van der Waals surface area contributed by atoms with E-state index in [1.165, 1.54) is 35.7 Å². The molecule has 1 heterocycles. The topological polar surface area (TPSA) is 124 Å². The minimum absolute atomic E-state index is 0.0397. The third kappa shape index (κ3) is 6.33. The first kappa shape index (κ1) is 26.7. The third-order valence-corrected chi connectivity index (χ3v) is 6.70. The molecule has 196 valence electrons. The first-order chi connectivity index (χ1) is 18.2. The van der Waals surface area contributed by atoms with Gasteiger partial charge in [-0.05, 0) is 82.9 Å². The van der Waals surface area contributed by atoms with Gasteiger partial charge in [0.25, 0.3) is 11.7 Å². The van der Waals surface area contributed by atoms with Crippen molar-refractivity contribution in [2.75, 3.05) is 12.9 Å². The lowest BCUT2D eigenvalue weighted by Gasteiger charge is -2.18. The van der Waals surface area contributed by atoms with E-state index in [1.54, 1.807) is 13.2 Å². The smallest absolute Gasteiger partial charge is 0.342 e. The molecular formula is C28H30N5O4S+. The number of aromatic nitrogens is 3. The lowest BCUT2D eigenvalue weighted by Crippen LogP contribution is -2.34. The summed E-state index contributed by atoms with van der Waals surface area (Å²) in [5.41, 5.74) is 6.09. The van der Waals surface area contributed by atoms with Crippen LogP contribution in [0.1, 0.15) is 31.9 Å². The van der Waals surface area contributed by atoms with Gasteiger partial charge in [-0.25, -0.2) is 5.43 Å². The fourth-order valence-corrected chi connectivity index (χ4v) is 4.41. The molecule has 0 aliphatic rings. The largest absolute Gasteiger partial charge is 0.504 e. The summed E-state index contributed by atoms with van der Waals surface area (Å²) in [5, 5.41) is 31.1. The number of hydrogen-bond acceptors (Lipinski definition) is 7. The van der Waals surface area contributed by atoms with Crippen molar-refractivity contribution in [3.05, 3.63) is 77.9 Å². The summed E-state index contributed by atoms with van der Waals surface area (Å²) in [6.07, 6.45) is 1.38. The molecule has 1 aromatic heterocycles. The molecule has 0 unspecified atom stereocenters. The molecule has 4 aromatic rings. The molecule has 0 radical (unpaired) electrons. The number of rotatable bonds is 8. The Labute approximate surface area is 225 Å². The molecule has 0 spiro atoms. The maximum Gasteiger partial charge on any atom is 0.342 e. The van der Waals surface area contributed by atoms with Crippen LogP contribution in [0.15, 0.2) is 77.0 Å². The van der Waals surface area contributed by atoms with Gasteiger partial charge in [0.2, 0.25) is 0 Å². The third-order valence-electron chi connectivity index (χ3n) is 5.76. The highest BCUT2D eigenvalue weighted by Crippen LogP contribution is 2.27. The van der Waals surface area contributed by atoms with Crippen LogP contribution < -0.4 is 14.7 Å². The molecule has 0 aliphatic heterocycles. The number of carbonyl (C=O) groups excluding carboxylic acids is 1. The van der Waals surface area contributed by atoms with E-state index in [9.17, 15) is 15.0 Å². The van der Waals surface area contributed by atoms with Gasteiger partial charge >= 0.3 is 5.16 Å². The zero-order valence-corrected chi connectivity index (χ0v) is 22.4. The summed E-state index contributed by atoms with van der Waals surface area (Å²) in [4.78, 5) is 12.5. The van der Waals surface area contributed by atoms with Crippen LogP contribution in [0.25, 0.3) is 17.1 Å². The number of amides is 1. The van der Waals surface area contributed by atoms with Crippen LogP contribution in [-0.2, 0) is 10.2 Å². The molecule has 10 heteroatoms. The number of nitrogens with one attached hydrogen (secondary N) is 2. The zero-order valence-electron chi connectivity index (χ0n) is 21.6. The Morgan fingerprint density at radius 2 is 1.79 bits per heavy atom. The summed E-state index contributed by atoms with van der Waals surface area (Å²) in [5.74, 6) is 0.778. The summed E-state index contributed by atoms with van der Waals surface area (Å²) in [6.45, 7) is 6.52. The first-order valence-electron chi connectivity index (χ1n) is 11.9. The predicted octanol–water partition coefficient (Wildman–Crippen LogP) is 4.31. The maximum absolute atomic E-state index is 12.5. The van der Waals surface area contributed by atoms with Crippen LogP contribution >= 0.6 is 11.8 Å². The van der Waals surface area contributed by atoms with Gasteiger partial charge in [-0.1, -0.05) is 32.9 Å². The number of benzene rings is 3. The molecule has 3 aromatic carbocycles. The minimum atomic E-state index is -0.324. The van der Waals surface area contributed by atoms with Gasteiger partial charge < -0.3 is 14.9 Å². The van der Waals surface area contributed by atoms with Crippen molar-refractivity contribution in [2.45, 2.75) is 31.3 Å². The van der Waals surface area contributed by atoms with Gasteiger partial charge in [-0.2, -0.15) is 9.67 Å². The van der Waals surface area contributed by atoms with Crippen molar-refractivity contribution < 1.29 is 24.3 Å². The zero-order chi connectivity index (χ0) is 27.3. The Morgan fingerprint density at radius 1 is 1.08 bits per heavy atom. The van der Waals surface area contributed by atoms with Crippen molar-refractivity contribution >= 4 is 23.9 Å². The average Bonchev–Trinajstić information content (AvgIpc) is 3.33. The number of ether oxygens (including phenoxy) is 1. The van der Waals surface area contributed by atoms with E-state index in [2.05, 4.69) is 65.8 Å². The highest BCUT2D eigenvalue weighted by Gasteiger charge is 2.25. The Morgan fingerprint density at radius 3 is 2.42 bits per heavy atom.